The first-order valence-corrected chi connectivity index (χ1v) is 14.6. The van der Waals surface area contributed by atoms with Gasteiger partial charge in [0.25, 0.3) is 10.0 Å². The molecule has 1 aliphatic heterocycles. The van der Waals surface area contributed by atoms with Crippen LogP contribution in [-0.4, -0.2) is 57.0 Å². The van der Waals surface area contributed by atoms with Gasteiger partial charge in [-0.25, -0.2) is 12.8 Å². The van der Waals surface area contributed by atoms with E-state index in [0.717, 1.165) is 22.5 Å². The monoisotopic (exact) mass is 593 g/mol. The number of nitrogens with one attached hydrogen (secondary N) is 3. The number of sulfonamides is 1. The van der Waals surface area contributed by atoms with Crippen molar-refractivity contribution in [3.05, 3.63) is 69.8 Å². The summed E-state index contributed by atoms with van der Waals surface area (Å²) < 4.78 is 55.5. The molecule has 5 rings (SSSR count). The number of ether oxygens (including phenoxy) is 2. The Balaban J connectivity index is 1.42. The van der Waals surface area contributed by atoms with E-state index in [9.17, 15) is 17.6 Å². The molecule has 1 aliphatic rings. The Hall–Kier alpha value is -3.23. The largest absolute Gasteiger partial charge is 0.496 e. The van der Waals surface area contributed by atoms with Crippen molar-refractivity contribution in [2.45, 2.75) is 23.3 Å². The first-order valence-electron chi connectivity index (χ1n) is 11.9. The molecule has 3 N–H and O–H groups in total. The molecule has 0 bridgehead atoms. The average molecular weight is 594 g/mol. The van der Waals surface area contributed by atoms with Crippen LogP contribution in [0.4, 0.5) is 10.2 Å². The molecule has 0 aliphatic carbocycles. The van der Waals surface area contributed by atoms with Gasteiger partial charge in [0.1, 0.15) is 21.8 Å². The molecule has 1 unspecified atom stereocenters. The number of hydrogen-bond donors (Lipinski definition) is 3. The van der Waals surface area contributed by atoms with E-state index in [-0.39, 0.29) is 28.2 Å². The van der Waals surface area contributed by atoms with E-state index in [4.69, 9.17) is 21.1 Å². The maximum Gasteiger partial charge on any atom is 0.272 e. The van der Waals surface area contributed by atoms with Crippen molar-refractivity contribution in [1.82, 2.24) is 20.4 Å². The van der Waals surface area contributed by atoms with Crippen LogP contribution in [0.3, 0.4) is 0 Å². The Morgan fingerprint density at radius 3 is 2.82 bits per heavy atom. The number of nitrogens with zero attached hydrogens (tertiary/aromatic N) is 2. The maximum absolute atomic E-state index is 14.5. The fourth-order valence-electron chi connectivity index (χ4n) is 4.26. The first kappa shape index (κ1) is 27.3. The van der Waals surface area contributed by atoms with Gasteiger partial charge in [0.05, 0.1) is 42.1 Å². The van der Waals surface area contributed by atoms with Crippen LogP contribution in [0.25, 0.3) is 10.9 Å². The van der Waals surface area contributed by atoms with Crippen LogP contribution in [0.2, 0.25) is 4.34 Å². The van der Waals surface area contributed by atoms with Gasteiger partial charge in [-0.3, -0.25) is 14.2 Å². The molecule has 2 aromatic carbocycles. The van der Waals surface area contributed by atoms with Gasteiger partial charge in [-0.2, -0.15) is 5.10 Å². The topological polar surface area (TPSA) is 124 Å². The van der Waals surface area contributed by atoms with Crippen LogP contribution in [0, 0.1) is 5.82 Å². The third kappa shape index (κ3) is 6.17. The molecule has 206 valence electrons. The maximum atomic E-state index is 14.5. The van der Waals surface area contributed by atoms with Crippen LogP contribution in [0.1, 0.15) is 11.1 Å². The summed E-state index contributed by atoms with van der Waals surface area (Å²) in [6.45, 7) is 2.03. The fourth-order valence-corrected chi connectivity index (χ4v) is 6.76. The van der Waals surface area contributed by atoms with Crippen molar-refractivity contribution in [2.24, 2.45) is 0 Å². The zero-order chi connectivity index (χ0) is 27.6. The molecule has 1 amide bonds. The van der Waals surface area contributed by atoms with E-state index in [1.807, 2.05) is 24.3 Å². The molecule has 3 heterocycles. The van der Waals surface area contributed by atoms with E-state index < -0.39 is 21.9 Å². The molecule has 14 heteroatoms. The zero-order valence-electron chi connectivity index (χ0n) is 20.7. The summed E-state index contributed by atoms with van der Waals surface area (Å²) in [7, 11) is -2.63. The van der Waals surface area contributed by atoms with Crippen molar-refractivity contribution in [2.75, 3.05) is 31.6 Å². The first-order chi connectivity index (χ1) is 18.7. The van der Waals surface area contributed by atoms with Gasteiger partial charge in [0, 0.05) is 25.2 Å². The summed E-state index contributed by atoms with van der Waals surface area (Å²) in [6.07, 6.45) is 0. The number of methoxy groups -OCH3 is 1. The van der Waals surface area contributed by atoms with Crippen molar-refractivity contribution in [3.63, 3.8) is 0 Å². The Labute approximate surface area is 233 Å². The molecular weight excluding hydrogens is 569 g/mol. The molecule has 39 heavy (non-hydrogen) atoms. The highest BCUT2D eigenvalue weighted by Gasteiger charge is 2.24. The number of anilines is 1. The summed E-state index contributed by atoms with van der Waals surface area (Å²) in [4.78, 5) is 12.4. The third-order valence-electron chi connectivity index (χ3n) is 6.07. The number of aromatic nitrogens is 2. The number of benzene rings is 2. The van der Waals surface area contributed by atoms with Crippen LogP contribution < -0.4 is 20.1 Å². The fraction of sp³-hybridized carbons (Fsp3) is 0.280. The number of thiophene rings is 1. The molecule has 4 aromatic rings. The minimum absolute atomic E-state index is 0.00279. The smallest absolute Gasteiger partial charge is 0.272 e. The predicted molar refractivity (Wildman–Crippen MR) is 146 cm³/mol. The lowest BCUT2D eigenvalue weighted by Gasteiger charge is -2.22. The standard InChI is InChI=1S/C25H25ClFN5O5S2/c1-36-20-11-17(27)10-19-23(20)24(31-39(34,35)22-6-5-21(26)38-22)30-32(19)13-16-4-2-3-15(9-16)12-29-25(33)18-14-37-8-7-28-18/h2-6,9-11,18,28H,7-8,12-14H2,1H3,(H,29,33)(H,30,31). The number of carbonyl (C=O) groups is 1. The summed E-state index contributed by atoms with van der Waals surface area (Å²) in [5.74, 6) is -0.576. The van der Waals surface area contributed by atoms with E-state index >= 15 is 0 Å². The summed E-state index contributed by atoms with van der Waals surface area (Å²) >= 11 is 6.84. The number of carbonyl (C=O) groups excluding carboxylic acids is 1. The van der Waals surface area contributed by atoms with Gasteiger partial charge in [-0.1, -0.05) is 35.9 Å². The van der Waals surface area contributed by atoms with Crippen molar-refractivity contribution < 1.29 is 27.1 Å². The van der Waals surface area contributed by atoms with Crippen molar-refractivity contribution >= 4 is 55.6 Å². The Bertz CT molecular complexity index is 1620. The van der Waals surface area contributed by atoms with Gasteiger partial charge in [-0.15, -0.1) is 11.3 Å². The third-order valence-corrected chi connectivity index (χ3v) is 9.14. The molecule has 10 nitrogen and oxygen atoms in total. The highest BCUT2D eigenvalue weighted by molar-refractivity contribution is 7.94. The summed E-state index contributed by atoms with van der Waals surface area (Å²) in [5, 5.41) is 10.8. The lowest BCUT2D eigenvalue weighted by molar-refractivity contribution is -0.126. The molecule has 1 atom stereocenters. The van der Waals surface area contributed by atoms with Crippen LogP contribution in [0.15, 0.2) is 52.7 Å². The summed E-state index contributed by atoms with van der Waals surface area (Å²) in [6, 6.07) is 12.4. The van der Waals surface area contributed by atoms with Crippen LogP contribution in [0.5, 0.6) is 5.75 Å². The van der Waals surface area contributed by atoms with Gasteiger partial charge in [0.15, 0.2) is 5.82 Å². The normalized spacial score (nSPS) is 15.8. The van der Waals surface area contributed by atoms with Gasteiger partial charge in [-0.05, 0) is 23.3 Å². The highest BCUT2D eigenvalue weighted by Crippen LogP contribution is 2.36. The lowest BCUT2D eigenvalue weighted by atomic mass is 10.1. The van der Waals surface area contributed by atoms with E-state index in [2.05, 4.69) is 20.5 Å². The number of hydrogen-bond acceptors (Lipinski definition) is 8. The Morgan fingerprint density at radius 1 is 1.28 bits per heavy atom. The van der Waals surface area contributed by atoms with Crippen LogP contribution >= 0.6 is 22.9 Å². The number of halogens is 2. The quantitative estimate of drug-likeness (QED) is 0.272. The van der Waals surface area contributed by atoms with Crippen molar-refractivity contribution in [3.8, 4) is 5.75 Å². The average Bonchev–Trinajstić information content (AvgIpc) is 3.51. The lowest BCUT2D eigenvalue weighted by Crippen LogP contribution is -2.51. The van der Waals surface area contributed by atoms with Gasteiger partial charge in [0.2, 0.25) is 5.91 Å². The molecule has 1 fully saturated rings. The SMILES string of the molecule is COc1cc(F)cc2c1c(NS(=O)(=O)c1ccc(Cl)s1)nn2Cc1cccc(CNC(=O)C2COCCN2)c1. The molecule has 0 spiro atoms. The van der Waals surface area contributed by atoms with Gasteiger partial charge < -0.3 is 20.1 Å². The predicted octanol–water partition coefficient (Wildman–Crippen LogP) is 3.35. The molecular formula is C25H25ClFN5O5S2. The minimum atomic E-state index is -4.01. The van der Waals surface area contributed by atoms with E-state index in [1.54, 1.807) is 0 Å². The minimum Gasteiger partial charge on any atom is -0.496 e. The molecule has 1 saturated heterocycles. The van der Waals surface area contributed by atoms with E-state index in [1.165, 1.54) is 36.1 Å². The second-order valence-corrected chi connectivity index (χ2v) is 12.4. The zero-order valence-corrected chi connectivity index (χ0v) is 23.1. The van der Waals surface area contributed by atoms with Crippen molar-refractivity contribution in [1.29, 1.82) is 0 Å². The second-order valence-electron chi connectivity index (χ2n) is 8.79. The Morgan fingerprint density at radius 2 is 2.10 bits per heavy atom. The number of rotatable bonds is 9. The van der Waals surface area contributed by atoms with Gasteiger partial charge >= 0.3 is 0 Å². The molecule has 2 aromatic heterocycles. The number of morpholine rings is 1. The van der Waals surface area contributed by atoms with E-state index in [0.29, 0.717) is 41.5 Å². The molecule has 0 radical (unpaired) electrons. The Kier molecular flexibility index (Phi) is 8.05. The molecule has 0 saturated carbocycles. The summed E-state index contributed by atoms with van der Waals surface area (Å²) in [5.41, 5.74) is 2.01. The number of fused-ring (bicyclic) bond motifs is 1. The number of amides is 1. The van der Waals surface area contributed by atoms with Crippen LogP contribution in [-0.2, 0) is 32.6 Å². The highest BCUT2D eigenvalue weighted by atomic mass is 35.5. The second kappa shape index (κ2) is 11.5.